The monoisotopic (exact) mass is 614 g/mol. The summed E-state index contributed by atoms with van der Waals surface area (Å²) < 4.78 is 54.6. The molecule has 2 aromatic heterocycles. The summed E-state index contributed by atoms with van der Waals surface area (Å²) in [4.78, 5) is 21.9. The molecule has 5 rings (SSSR count). The summed E-state index contributed by atoms with van der Waals surface area (Å²) in [5.74, 6) is -2.41. The quantitative estimate of drug-likeness (QED) is 0.244. The fourth-order valence-electron chi connectivity index (χ4n) is 4.81. The highest BCUT2D eigenvalue weighted by Gasteiger charge is 2.43. The highest BCUT2D eigenvalue weighted by Crippen LogP contribution is 2.44. The van der Waals surface area contributed by atoms with Gasteiger partial charge in [0.2, 0.25) is 0 Å². The van der Waals surface area contributed by atoms with E-state index < -0.39 is 24.5 Å². The fourth-order valence-corrected chi connectivity index (χ4v) is 5.19. The molecule has 216 valence electrons. The lowest BCUT2D eigenvalue weighted by molar-refractivity contribution is -0.149. The standard InChI is InChI=1S/C30H23Cl2F3N4O3/c1-14-13-42-28-20(14)10-24(39-27(28)16-4-5-17(11-36)23(32)7-16)21(30(33,34)35)12-37-29(40)19-6-18-8-22(31)15(2)38-26(18)25(9-19)41-3/h4-10,14,21H,12-13H2,1-3H3,(H,37,40). The van der Waals surface area contributed by atoms with Crippen LogP contribution in [-0.4, -0.2) is 42.3 Å². The van der Waals surface area contributed by atoms with E-state index in [1.807, 2.05) is 13.0 Å². The van der Waals surface area contributed by atoms with Gasteiger partial charge in [-0.2, -0.15) is 18.4 Å². The molecule has 4 aromatic rings. The molecule has 0 radical (unpaired) electrons. The molecule has 1 amide bonds. The topological polar surface area (TPSA) is 97.1 Å². The predicted octanol–water partition coefficient (Wildman–Crippen LogP) is 7.36. The number of nitrogens with zero attached hydrogens (tertiary/aromatic N) is 3. The van der Waals surface area contributed by atoms with Crippen molar-refractivity contribution in [1.29, 1.82) is 5.26 Å². The minimum Gasteiger partial charge on any atom is -0.494 e. The van der Waals surface area contributed by atoms with E-state index in [1.54, 1.807) is 19.1 Å². The maximum atomic E-state index is 14.5. The minimum absolute atomic E-state index is 0.0823. The Kier molecular flexibility index (Phi) is 7.92. The maximum absolute atomic E-state index is 14.5. The molecular weight excluding hydrogens is 592 g/mol. The van der Waals surface area contributed by atoms with Gasteiger partial charge in [-0.3, -0.25) is 4.79 Å². The lowest BCUT2D eigenvalue weighted by Crippen LogP contribution is -2.35. The van der Waals surface area contributed by atoms with Crippen LogP contribution in [-0.2, 0) is 0 Å². The van der Waals surface area contributed by atoms with Crippen LogP contribution in [0.3, 0.4) is 0 Å². The first-order valence-electron chi connectivity index (χ1n) is 12.8. The number of hydrogen-bond acceptors (Lipinski definition) is 6. The van der Waals surface area contributed by atoms with Gasteiger partial charge in [-0.1, -0.05) is 36.2 Å². The van der Waals surface area contributed by atoms with E-state index in [-0.39, 0.29) is 45.8 Å². The average molecular weight is 615 g/mol. The van der Waals surface area contributed by atoms with Crippen molar-refractivity contribution in [2.75, 3.05) is 20.3 Å². The Bertz CT molecular complexity index is 1770. The minimum atomic E-state index is -4.74. The molecule has 3 heterocycles. The second kappa shape index (κ2) is 11.3. The van der Waals surface area contributed by atoms with E-state index in [0.29, 0.717) is 38.5 Å². The fraction of sp³-hybridized carbons (Fsp3) is 0.267. The molecule has 1 aliphatic heterocycles. The van der Waals surface area contributed by atoms with Crippen molar-refractivity contribution in [3.63, 3.8) is 0 Å². The third-order valence-electron chi connectivity index (χ3n) is 7.11. The third kappa shape index (κ3) is 5.54. The van der Waals surface area contributed by atoms with E-state index >= 15 is 0 Å². The summed E-state index contributed by atoms with van der Waals surface area (Å²) in [5.41, 5.74) is 2.21. The summed E-state index contributed by atoms with van der Waals surface area (Å²) >= 11 is 12.4. The number of fused-ring (bicyclic) bond motifs is 2. The molecule has 42 heavy (non-hydrogen) atoms. The van der Waals surface area contributed by atoms with Gasteiger partial charge in [-0.05, 0) is 43.3 Å². The van der Waals surface area contributed by atoms with Crippen LogP contribution in [0.4, 0.5) is 13.2 Å². The van der Waals surface area contributed by atoms with Crippen molar-refractivity contribution < 1.29 is 27.4 Å². The van der Waals surface area contributed by atoms with Crippen molar-refractivity contribution in [1.82, 2.24) is 15.3 Å². The van der Waals surface area contributed by atoms with Gasteiger partial charge < -0.3 is 14.8 Å². The number of ether oxygens (including phenoxy) is 2. The largest absolute Gasteiger partial charge is 0.494 e. The maximum Gasteiger partial charge on any atom is 0.398 e. The first-order valence-corrected chi connectivity index (χ1v) is 13.5. The number of carbonyl (C=O) groups is 1. The zero-order valence-corrected chi connectivity index (χ0v) is 24.1. The molecule has 0 spiro atoms. The Balaban J connectivity index is 1.51. The summed E-state index contributed by atoms with van der Waals surface area (Å²) in [6.45, 7) is 3.06. The van der Waals surface area contributed by atoms with E-state index in [9.17, 15) is 23.2 Å². The van der Waals surface area contributed by atoms with Crippen molar-refractivity contribution in [3.8, 4) is 28.8 Å². The zero-order chi connectivity index (χ0) is 30.3. The molecule has 7 nitrogen and oxygen atoms in total. The number of hydrogen-bond donors (Lipinski definition) is 1. The molecule has 2 unspecified atom stereocenters. The lowest BCUT2D eigenvalue weighted by atomic mass is 9.95. The second-order valence-electron chi connectivity index (χ2n) is 9.94. The Labute approximate surface area is 249 Å². The second-order valence-corrected chi connectivity index (χ2v) is 10.8. The van der Waals surface area contributed by atoms with Crippen LogP contribution in [0.25, 0.3) is 22.2 Å². The van der Waals surface area contributed by atoms with Crippen LogP contribution in [0.2, 0.25) is 10.0 Å². The third-order valence-corrected chi connectivity index (χ3v) is 7.80. The number of amides is 1. The number of aromatic nitrogens is 2. The van der Waals surface area contributed by atoms with E-state index in [0.717, 1.165) is 0 Å². The van der Waals surface area contributed by atoms with Crippen LogP contribution in [0.5, 0.6) is 11.5 Å². The van der Waals surface area contributed by atoms with Gasteiger partial charge in [0, 0.05) is 34.5 Å². The van der Waals surface area contributed by atoms with Gasteiger partial charge >= 0.3 is 6.18 Å². The molecule has 0 saturated carbocycles. The van der Waals surface area contributed by atoms with Crippen molar-refractivity contribution in [2.24, 2.45) is 0 Å². The zero-order valence-electron chi connectivity index (χ0n) is 22.6. The summed E-state index contributed by atoms with van der Waals surface area (Å²) in [5, 5.41) is 12.6. The molecular formula is C30H23Cl2F3N4O3. The Morgan fingerprint density at radius 3 is 2.62 bits per heavy atom. The normalized spacial score (nSPS) is 15.1. The van der Waals surface area contributed by atoms with Crippen molar-refractivity contribution >= 4 is 40.0 Å². The number of halogens is 5. The number of nitrogens with one attached hydrogen (secondary N) is 1. The number of benzene rings is 2. The van der Waals surface area contributed by atoms with Gasteiger partial charge in [0.1, 0.15) is 34.7 Å². The van der Waals surface area contributed by atoms with Crippen LogP contribution in [0.1, 0.15) is 51.6 Å². The van der Waals surface area contributed by atoms with Crippen LogP contribution in [0, 0.1) is 18.3 Å². The van der Waals surface area contributed by atoms with Gasteiger partial charge in [0.25, 0.3) is 5.91 Å². The molecule has 0 bridgehead atoms. The van der Waals surface area contributed by atoms with Crippen molar-refractivity contribution in [3.05, 3.63) is 80.6 Å². The molecule has 12 heteroatoms. The number of methoxy groups -OCH3 is 1. The first-order chi connectivity index (χ1) is 19.9. The number of pyridine rings is 2. The summed E-state index contributed by atoms with van der Waals surface area (Å²) in [6, 6.07) is 12.4. The molecule has 0 saturated heterocycles. The SMILES string of the molecule is COc1cc(C(=O)NCC(c2cc3c(c(-c4ccc(C#N)c(Cl)c4)n2)OCC3C)C(F)(F)F)cc2cc(Cl)c(C)nc12. The number of nitriles is 1. The summed E-state index contributed by atoms with van der Waals surface area (Å²) in [7, 11) is 1.41. The van der Waals surface area contributed by atoms with E-state index in [1.165, 1.54) is 37.4 Å². The number of aryl methyl sites for hydroxylation is 1. The Morgan fingerprint density at radius 2 is 1.95 bits per heavy atom. The van der Waals surface area contributed by atoms with Gasteiger partial charge in [0.15, 0.2) is 0 Å². The van der Waals surface area contributed by atoms with E-state index in [4.69, 9.17) is 32.7 Å². The lowest BCUT2D eigenvalue weighted by Gasteiger charge is -2.22. The molecule has 2 aromatic carbocycles. The van der Waals surface area contributed by atoms with Crippen molar-refractivity contribution in [2.45, 2.75) is 31.9 Å². The molecule has 1 aliphatic rings. The Morgan fingerprint density at radius 1 is 1.19 bits per heavy atom. The van der Waals surface area contributed by atoms with Gasteiger partial charge in [0.05, 0.1) is 40.7 Å². The average Bonchev–Trinajstić information content (AvgIpc) is 3.32. The molecule has 1 N–H and O–H groups in total. The highest BCUT2D eigenvalue weighted by atomic mass is 35.5. The summed E-state index contributed by atoms with van der Waals surface area (Å²) in [6.07, 6.45) is -4.74. The first kappa shape index (κ1) is 29.4. The highest BCUT2D eigenvalue weighted by molar-refractivity contribution is 6.32. The molecule has 2 atom stereocenters. The van der Waals surface area contributed by atoms with Crippen LogP contribution < -0.4 is 14.8 Å². The number of alkyl halides is 3. The number of rotatable bonds is 6. The van der Waals surface area contributed by atoms with Crippen LogP contribution >= 0.6 is 23.2 Å². The smallest absolute Gasteiger partial charge is 0.398 e. The van der Waals surface area contributed by atoms with Crippen LogP contribution in [0.15, 0.2) is 42.5 Å². The van der Waals surface area contributed by atoms with Gasteiger partial charge in [-0.25, -0.2) is 9.97 Å². The number of carbonyl (C=O) groups excluding carboxylic acids is 1. The predicted molar refractivity (Wildman–Crippen MR) is 152 cm³/mol. The van der Waals surface area contributed by atoms with E-state index in [2.05, 4.69) is 15.3 Å². The van der Waals surface area contributed by atoms with Gasteiger partial charge in [-0.15, -0.1) is 0 Å². The molecule has 0 fully saturated rings. The Hall–Kier alpha value is -4.07. The molecule has 0 aliphatic carbocycles.